The predicted molar refractivity (Wildman–Crippen MR) is 94.3 cm³/mol. The molecule has 1 aliphatic heterocycles. The largest absolute Gasteiger partial charge is 0.384 e. The topological polar surface area (TPSA) is 15.3 Å². The van der Waals surface area contributed by atoms with Gasteiger partial charge in [0.05, 0.1) is 0 Å². The normalized spacial score (nSPS) is 17.9. The minimum absolute atomic E-state index is 0.109. The minimum Gasteiger partial charge on any atom is -0.384 e. The van der Waals surface area contributed by atoms with Gasteiger partial charge in [-0.1, -0.05) is 45.6 Å². The molecule has 0 bridgehead atoms. The van der Waals surface area contributed by atoms with E-state index in [0.29, 0.717) is 0 Å². The van der Waals surface area contributed by atoms with Gasteiger partial charge in [-0.15, -0.1) is 0 Å². The molecule has 118 valence electrons. The summed E-state index contributed by atoms with van der Waals surface area (Å²) in [6.07, 6.45) is 3.30. The van der Waals surface area contributed by atoms with Crippen molar-refractivity contribution in [1.82, 2.24) is 10.2 Å². The Hall–Kier alpha value is -1.28. The number of likely N-dealkylation sites (N-methyl/N-ethyl adjacent to an activating group) is 1. The number of hydrogen-bond acceptors (Lipinski definition) is 2. The van der Waals surface area contributed by atoms with Crippen LogP contribution in [0.3, 0.4) is 0 Å². The molecule has 0 fully saturated rings. The quantitative estimate of drug-likeness (QED) is 0.759. The maximum Gasteiger partial charge on any atom is 0.0392 e. The van der Waals surface area contributed by atoms with Crippen LogP contribution >= 0.6 is 0 Å². The Kier molecular flexibility index (Phi) is 6.03. The molecule has 0 aromatic heterocycles. The molecular formula is C19H32N2. The van der Waals surface area contributed by atoms with E-state index in [1.54, 1.807) is 0 Å². The Labute approximate surface area is 131 Å². The molecule has 1 heterocycles. The van der Waals surface area contributed by atoms with E-state index in [0.717, 1.165) is 37.2 Å². The highest BCUT2D eigenvalue weighted by atomic mass is 15.1. The number of rotatable bonds is 5. The third-order valence-corrected chi connectivity index (χ3v) is 3.91. The molecule has 0 aromatic rings. The van der Waals surface area contributed by atoms with E-state index in [2.05, 4.69) is 71.1 Å². The Bertz CT molecular complexity index is 472. The molecule has 21 heavy (non-hydrogen) atoms. The van der Waals surface area contributed by atoms with Crippen molar-refractivity contribution in [3.63, 3.8) is 0 Å². The van der Waals surface area contributed by atoms with Crippen molar-refractivity contribution in [1.29, 1.82) is 0 Å². The fourth-order valence-corrected chi connectivity index (χ4v) is 2.79. The standard InChI is InChI=1S/C19H32N2/c1-14(2)17(19(5,6)7)11-15(3)12-20-18-9-10-21(8)13-16(18)4/h11,20H,1,3,9-10,12-13H2,2,4-8H3/b17-11-. The van der Waals surface area contributed by atoms with Crippen LogP contribution in [-0.2, 0) is 0 Å². The molecule has 0 saturated carbocycles. The summed E-state index contributed by atoms with van der Waals surface area (Å²) < 4.78 is 0. The van der Waals surface area contributed by atoms with Crippen LogP contribution < -0.4 is 5.32 Å². The maximum atomic E-state index is 4.20. The smallest absolute Gasteiger partial charge is 0.0392 e. The fourth-order valence-electron chi connectivity index (χ4n) is 2.79. The lowest BCUT2D eigenvalue weighted by molar-refractivity contribution is 0.342. The monoisotopic (exact) mass is 288 g/mol. The number of allylic oxidation sites excluding steroid dienone is 2. The van der Waals surface area contributed by atoms with Crippen LogP contribution in [0.5, 0.6) is 0 Å². The van der Waals surface area contributed by atoms with Gasteiger partial charge in [0, 0.05) is 25.3 Å². The lowest BCUT2D eigenvalue weighted by Gasteiger charge is -2.27. The second kappa shape index (κ2) is 7.13. The number of nitrogens with one attached hydrogen (secondary N) is 1. The first kappa shape index (κ1) is 17.8. The van der Waals surface area contributed by atoms with E-state index < -0.39 is 0 Å². The summed E-state index contributed by atoms with van der Waals surface area (Å²) in [6.45, 7) is 22.2. The highest BCUT2D eigenvalue weighted by Gasteiger charge is 2.18. The molecule has 2 nitrogen and oxygen atoms in total. The van der Waals surface area contributed by atoms with Gasteiger partial charge in [-0.05, 0) is 49.5 Å². The van der Waals surface area contributed by atoms with Gasteiger partial charge in [0.15, 0.2) is 0 Å². The molecule has 0 atom stereocenters. The van der Waals surface area contributed by atoms with E-state index in [9.17, 15) is 0 Å². The summed E-state index contributed by atoms with van der Waals surface area (Å²) in [7, 11) is 2.17. The molecule has 0 unspecified atom stereocenters. The van der Waals surface area contributed by atoms with Crippen LogP contribution in [0.2, 0.25) is 0 Å². The summed E-state index contributed by atoms with van der Waals surface area (Å²) in [4.78, 5) is 2.36. The predicted octanol–water partition coefficient (Wildman–Crippen LogP) is 4.29. The summed E-state index contributed by atoms with van der Waals surface area (Å²) in [5.74, 6) is 0. The zero-order valence-corrected chi connectivity index (χ0v) is 14.8. The van der Waals surface area contributed by atoms with Crippen LogP contribution in [0.4, 0.5) is 0 Å². The van der Waals surface area contributed by atoms with Crippen molar-refractivity contribution in [2.45, 2.75) is 41.0 Å². The minimum atomic E-state index is 0.109. The molecule has 0 amide bonds. The molecule has 1 N–H and O–H groups in total. The highest BCUT2D eigenvalue weighted by Crippen LogP contribution is 2.31. The summed E-state index contributed by atoms with van der Waals surface area (Å²) in [5.41, 5.74) is 6.45. The average Bonchev–Trinajstić information content (AvgIpc) is 2.33. The van der Waals surface area contributed by atoms with Crippen molar-refractivity contribution in [3.8, 4) is 0 Å². The third kappa shape index (κ3) is 5.55. The molecular weight excluding hydrogens is 256 g/mol. The van der Waals surface area contributed by atoms with E-state index in [-0.39, 0.29) is 5.41 Å². The van der Waals surface area contributed by atoms with Gasteiger partial charge in [-0.25, -0.2) is 0 Å². The summed E-state index contributed by atoms with van der Waals surface area (Å²) >= 11 is 0. The zero-order valence-electron chi connectivity index (χ0n) is 14.8. The highest BCUT2D eigenvalue weighted by molar-refractivity contribution is 5.38. The van der Waals surface area contributed by atoms with Gasteiger partial charge < -0.3 is 10.2 Å². The fraction of sp³-hybridized carbons (Fsp3) is 0.579. The van der Waals surface area contributed by atoms with Crippen LogP contribution in [0.25, 0.3) is 0 Å². The van der Waals surface area contributed by atoms with E-state index >= 15 is 0 Å². The molecule has 1 rings (SSSR count). The second-order valence-electron chi connectivity index (χ2n) is 7.35. The first-order valence-electron chi connectivity index (χ1n) is 7.78. The third-order valence-electron chi connectivity index (χ3n) is 3.91. The Morgan fingerprint density at radius 3 is 2.43 bits per heavy atom. The number of hydrogen-bond donors (Lipinski definition) is 1. The first-order valence-corrected chi connectivity index (χ1v) is 7.78. The van der Waals surface area contributed by atoms with Gasteiger partial charge >= 0.3 is 0 Å². The molecule has 0 aliphatic carbocycles. The van der Waals surface area contributed by atoms with E-state index in [1.807, 2.05) is 0 Å². The van der Waals surface area contributed by atoms with Crippen LogP contribution in [0.15, 0.2) is 47.2 Å². The van der Waals surface area contributed by atoms with Crippen molar-refractivity contribution in [2.75, 3.05) is 26.7 Å². The molecule has 2 heteroatoms. The molecule has 0 saturated heterocycles. The van der Waals surface area contributed by atoms with Crippen molar-refractivity contribution in [2.24, 2.45) is 5.41 Å². The average molecular weight is 288 g/mol. The lowest BCUT2D eigenvalue weighted by atomic mass is 9.82. The first-order chi connectivity index (χ1) is 9.61. The lowest BCUT2D eigenvalue weighted by Crippen LogP contribution is -2.32. The molecule has 0 spiro atoms. The van der Waals surface area contributed by atoms with Crippen LogP contribution in [0, 0.1) is 5.41 Å². The van der Waals surface area contributed by atoms with E-state index in [4.69, 9.17) is 0 Å². The summed E-state index contributed by atoms with van der Waals surface area (Å²) in [6, 6.07) is 0. The van der Waals surface area contributed by atoms with Gasteiger partial charge in [-0.2, -0.15) is 0 Å². The molecule has 1 aliphatic rings. The van der Waals surface area contributed by atoms with Crippen LogP contribution in [-0.4, -0.2) is 31.6 Å². The molecule has 0 radical (unpaired) electrons. The maximum absolute atomic E-state index is 4.20. The zero-order chi connectivity index (χ0) is 16.2. The Morgan fingerprint density at radius 1 is 1.33 bits per heavy atom. The van der Waals surface area contributed by atoms with Gasteiger partial charge in [0.2, 0.25) is 0 Å². The van der Waals surface area contributed by atoms with Gasteiger partial charge in [0.1, 0.15) is 0 Å². The Balaban J connectivity index is 2.70. The van der Waals surface area contributed by atoms with Crippen molar-refractivity contribution < 1.29 is 0 Å². The summed E-state index contributed by atoms with van der Waals surface area (Å²) in [5, 5.41) is 3.57. The van der Waals surface area contributed by atoms with Crippen LogP contribution in [0.1, 0.15) is 41.0 Å². The van der Waals surface area contributed by atoms with Gasteiger partial charge in [-0.3, -0.25) is 0 Å². The van der Waals surface area contributed by atoms with Gasteiger partial charge in [0.25, 0.3) is 0 Å². The van der Waals surface area contributed by atoms with Crippen molar-refractivity contribution >= 4 is 0 Å². The Morgan fingerprint density at radius 2 is 1.95 bits per heavy atom. The number of nitrogens with zero attached hydrogens (tertiary/aromatic N) is 1. The van der Waals surface area contributed by atoms with E-state index in [1.165, 1.54) is 16.8 Å². The SMILES string of the molecule is C=C(/C=C(/C(=C)C)C(C)(C)C)CNC1=C(C)CN(C)CC1. The van der Waals surface area contributed by atoms with Crippen molar-refractivity contribution in [3.05, 3.63) is 47.2 Å². The second-order valence-corrected chi connectivity index (χ2v) is 7.35. The molecule has 0 aromatic carbocycles.